The van der Waals surface area contributed by atoms with Gasteiger partial charge in [0.1, 0.15) is 10.8 Å². The maximum Gasteiger partial charge on any atom is 0.410 e. The summed E-state index contributed by atoms with van der Waals surface area (Å²) in [5.74, 6) is 0. The van der Waals surface area contributed by atoms with Gasteiger partial charge in [-0.05, 0) is 59.8 Å². The number of hydrogen-bond acceptors (Lipinski definition) is 5. The van der Waals surface area contributed by atoms with Crippen molar-refractivity contribution < 1.29 is 14.3 Å². The molecule has 2 heterocycles. The van der Waals surface area contributed by atoms with Crippen LogP contribution in [0.25, 0.3) is 0 Å². The average Bonchev–Trinajstić information content (AvgIpc) is 2.53. The molecule has 1 aliphatic rings. The minimum Gasteiger partial charge on any atom is -0.463 e. The summed E-state index contributed by atoms with van der Waals surface area (Å²) in [5.41, 5.74) is 0.355. The van der Waals surface area contributed by atoms with Crippen LogP contribution < -0.4 is 4.74 Å². The van der Waals surface area contributed by atoms with Gasteiger partial charge in [-0.15, -0.1) is 0 Å². The van der Waals surface area contributed by atoms with Gasteiger partial charge in [0.2, 0.25) is 0 Å². The monoisotopic (exact) mass is 369 g/mol. The quantitative estimate of drug-likeness (QED) is 0.569. The maximum absolute atomic E-state index is 12.4. The van der Waals surface area contributed by atoms with Gasteiger partial charge in [0, 0.05) is 24.3 Å². The molecular weight excluding hydrogens is 342 g/mol. The van der Waals surface area contributed by atoms with E-state index in [1.165, 1.54) is 0 Å². The van der Waals surface area contributed by atoms with Crippen molar-refractivity contribution in [1.82, 2.24) is 14.9 Å². The fraction of sp³-hybridized carbons (Fsp3) is 0.722. The molecule has 6 nitrogen and oxygen atoms in total. The molecule has 0 bridgehead atoms. The number of carbonyl (C=O) groups is 1. The van der Waals surface area contributed by atoms with Crippen LogP contribution in [0.5, 0.6) is 6.01 Å². The lowest BCUT2D eigenvalue weighted by Crippen LogP contribution is -2.46. The smallest absolute Gasteiger partial charge is 0.410 e. The lowest BCUT2D eigenvalue weighted by atomic mass is 9.98. The van der Waals surface area contributed by atoms with E-state index in [0.29, 0.717) is 17.8 Å². The Hall–Kier alpha value is -1.56. The second-order valence-electron chi connectivity index (χ2n) is 7.44. The summed E-state index contributed by atoms with van der Waals surface area (Å²) in [6.45, 7) is 8.79. The molecule has 1 unspecified atom stereocenters. The van der Waals surface area contributed by atoms with Crippen molar-refractivity contribution in [3.05, 3.63) is 16.9 Å². The molecular formula is C18H28ClN3O3. The topological polar surface area (TPSA) is 64.5 Å². The molecule has 0 saturated carbocycles. The Labute approximate surface area is 154 Å². The summed E-state index contributed by atoms with van der Waals surface area (Å²) >= 11 is 5.97. The number of aromatic nitrogens is 2. The molecule has 1 amide bonds. The van der Waals surface area contributed by atoms with Crippen molar-refractivity contribution in [2.24, 2.45) is 0 Å². The van der Waals surface area contributed by atoms with Crippen molar-refractivity contribution in [2.75, 3.05) is 13.2 Å². The largest absolute Gasteiger partial charge is 0.463 e. The van der Waals surface area contributed by atoms with Crippen LogP contribution in [0.15, 0.2) is 6.20 Å². The Morgan fingerprint density at radius 3 is 2.84 bits per heavy atom. The Bertz CT molecular complexity index is 589. The molecule has 1 aromatic rings. The number of ether oxygens (including phenoxy) is 2. The van der Waals surface area contributed by atoms with Crippen LogP contribution in [-0.4, -0.2) is 45.8 Å². The van der Waals surface area contributed by atoms with Gasteiger partial charge in [-0.25, -0.2) is 9.78 Å². The molecule has 2 rings (SSSR count). The predicted octanol–water partition coefficient (Wildman–Crippen LogP) is 4.39. The first kappa shape index (κ1) is 19.8. The normalized spacial score (nSPS) is 18.1. The van der Waals surface area contributed by atoms with Gasteiger partial charge in [0.15, 0.2) is 0 Å². The van der Waals surface area contributed by atoms with Crippen molar-refractivity contribution in [1.29, 1.82) is 0 Å². The zero-order valence-corrected chi connectivity index (χ0v) is 16.3. The number of aryl methyl sites for hydroxylation is 1. The molecule has 0 spiro atoms. The maximum atomic E-state index is 12.4. The number of amides is 1. The Morgan fingerprint density at radius 1 is 1.40 bits per heavy atom. The van der Waals surface area contributed by atoms with Gasteiger partial charge in [0.25, 0.3) is 0 Å². The lowest BCUT2D eigenvalue weighted by Gasteiger charge is -2.36. The highest BCUT2D eigenvalue weighted by Gasteiger charge is 2.30. The summed E-state index contributed by atoms with van der Waals surface area (Å²) in [6, 6.07) is 0.498. The Balaban J connectivity index is 1.81. The summed E-state index contributed by atoms with van der Waals surface area (Å²) in [6.07, 6.45) is 6.30. The number of halogens is 1. The lowest BCUT2D eigenvalue weighted by molar-refractivity contribution is 0.00820. The molecule has 1 fully saturated rings. The molecule has 0 radical (unpaired) electrons. The zero-order valence-electron chi connectivity index (χ0n) is 15.5. The van der Waals surface area contributed by atoms with Crippen LogP contribution in [-0.2, 0) is 4.74 Å². The van der Waals surface area contributed by atoms with Gasteiger partial charge in [0.05, 0.1) is 6.61 Å². The molecule has 1 aliphatic heterocycles. The molecule has 0 aliphatic carbocycles. The Kier molecular flexibility index (Phi) is 6.87. The molecule has 1 atom stereocenters. The highest BCUT2D eigenvalue weighted by Crippen LogP contribution is 2.23. The third kappa shape index (κ3) is 6.34. The third-order valence-corrected chi connectivity index (χ3v) is 4.44. The third-order valence-electron chi connectivity index (χ3n) is 4.06. The molecule has 7 heteroatoms. The van der Waals surface area contributed by atoms with Crippen LogP contribution in [0.1, 0.15) is 58.4 Å². The number of carbonyl (C=O) groups excluding carboxylic acids is 1. The molecule has 0 N–H and O–H groups in total. The highest BCUT2D eigenvalue weighted by molar-refractivity contribution is 6.30. The van der Waals surface area contributed by atoms with Crippen LogP contribution in [0.4, 0.5) is 4.79 Å². The fourth-order valence-corrected chi connectivity index (χ4v) is 2.94. The SMILES string of the molecule is Cc1cnc(OCCCC2CCCCN2C(=O)OC(C)(C)C)nc1Cl. The second-order valence-corrected chi connectivity index (χ2v) is 7.80. The number of nitrogens with zero attached hydrogens (tertiary/aromatic N) is 3. The van der Waals surface area contributed by atoms with E-state index in [1.54, 1.807) is 6.20 Å². The first-order valence-corrected chi connectivity index (χ1v) is 9.25. The highest BCUT2D eigenvalue weighted by atomic mass is 35.5. The van der Waals surface area contributed by atoms with E-state index < -0.39 is 5.60 Å². The summed E-state index contributed by atoms with van der Waals surface area (Å²) < 4.78 is 11.1. The molecule has 0 aromatic carbocycles. The van der Waals surface area contributed by atoms with Gasteiger partial charge in [-0.2, -0.15) is 4.98 Å². The fourth-order valence-electron chi connectivity index (χ4n) is 2.82. The van der Waals surface area contributed by atoms with Crippen LogP contribution in [0.2, 0.25) is 5.15 Å². The predicted molar refractivity (Wildman–Crippen MR) is 97.1 cm³/mol. The first-order chi connectivity index (χ1) is 11.8. The number of hydrogen-bond donors (Lipinski definition) is 0. The van der Waals surface area contributed by atoms with Gasteiger partial charge < -0.3 is 14.4 Å². The number of piperidine rings is 1. The van der Waals surface area contributed by atoms with E-state index in [4.69, 9.17) is 21.1 Å². The number of likely N-dealkylation sites (tertiary alicyclic amines) is 1. The molecule has 140 valence electrons. The summed E-state index contributed by atoms with van der Waals surface area (Å²) in [7, 11) is 0. The molecule has 1 aromatic heterocycles. The van der Waals surface area contributed by atoms with E-state index in [1.807, 2.05) is 32.6 Å². The standard InChI is InChI=1S/C18H28ClN3O3/c1-13-12-20-16(21-15(13)19)24-11-7-9-14-8-5-6-10-22(14)17(23)25-18(2,3)4/h12,14H,5-11H2,1-4H3. The van der Waals surface area contributed by atoms with Crippen molar-refractivity contribution in [2.45, 2.75) is 71.4 Å². The van der Waals surface area contributed by atoms with Crippen molar-refractivity contribution in [3.8, 4) is 6.01 Å². The van der Waals surface area contributed by atoms with Crippen LogP contribution in [0, 0.1) is 6.92 Å². The van der Waals surface area contributed by atoms with Crippen molar-refractivity contribution in [3.63, 3.8) is 0 Å². The summed E-state index contributed by atoms with van der Waals surface area (Å²) in [4.78, 5) is 22.4. The van der Waals surface area contributed by atoms with E-state index in [-0.39, 0.29) is 12.1 Å². The van der Waals surface area contributed by atoms with Crippen molar-refractivity contribution >= 4 is 17.7 Å². The zero-order chi connectivity index (χ0) is 18.4. The molecule has 25 heavy (non-hydrogen) atoms. The first-order valence-electron chi connectivity index (χ1n) is 8.88. The second kappa shape index (κ2) is 8.70. The van der Waals surface area contributed by atoms with Gasteiger partial charge >= 0.3 is 12.1 Å². The average molecular weight is 370 g/mol. The minimum atomic E-state index is -0.468. The summed E-state index contributed by atoms with van der Waals surface area (Å²) in [5, 5.41) is 0.411. The Morgan fingerprint density at radius 2 is 2.16 bits per heavy atom. The van der Waals surface area contributed by atoms with E-state index in [2.05, 4.69) is 9.97 Å². The number of rotatable bonds is 5. The molecule has 1 saturated heterocycles. The van der Waals surface area contributed by atoms with E-state index in [9.17, 15) is 4.79 Å². The van der Waals surface area contributed by atoms with Gasteiger partial charge in [-0.3, -0.25) is 0 Å². The van der Waals surface area contributed by atoms with E-state index in [0.717, 1.165) is 44.2 Å². The van der Waals surface area contributed by atoms with Crippen LogP contribution in [0.3, 0.4) is 0 Å². The minimum absolute atomic E-state index is 0.203. The van der Waals surface area contributed by atoms with Gasteiger partial charge in [-0.1, -0.05) is 11.6 Å². The van der Waals surface area contributed by atoms with E-state index >= 15 is 0 Å². The van der Waals surface area contributed by atoms with Crippen LogP contribution >= 0.6 is 11.6 Å².